The van der Waals surface area contributed by atoms with E-state index in [-0.39, 0.29) is 0 Å². The number of thiol groups is 1. The molecule has 0 bridgehead atoms. The lowest BCUT2D eigenvalue weighted by molar-refractivity contribution is 1.35. The molecule has 0 radical (unpaired) electrons. The van der Waals surface area contributed by atoms with Gasteiger partial charge in [0, 0.05) is 31.0 Å². The monoisotopic (exact) mass is 268 g/mol. The highest BCUT2D eigenvalue weighted by Gasteiger charge is 1.88. The number of benzene rings is 1. The Labute approximate surface area is 76.4 Å². The molecular weight excluding hydrogens is 263 g/mol. The van der Waals surface area contributed by atoms with E-state index in [2.05, 4.69) is 39.9 Å². The highest BCUT2D eigenvalue weighted by molar-refractivity contribution is 14.2. The van der Waals surface area contributed by atoms with Crippen LogP contribution in [0.4, 0.5) is 0 Å². The molecule has 1 aromatic carbocycles. The van der Waals surface area contributed by atoms with Gasteiger partial charge in [0.25, 0.3) is 0 Å². The molecule has 3 heteroatoms. The van der Waals surface area contributed by atoms with Crippen LogP contribution < -0.4 is 0 Å². The molecule has 0 saturated heterocycles. The minimum Gasteiger partial charge on any atom is -0.143 e. The zero-order chi connectivity index (χ0) is 6.69. The molecule has 48 valence electrons. The van der Waals surface area contributed by atoms with Crippen molar-refractivity contribution in [2.24, 2.45) is 0 Å². The highest BCUT2D eigenvalue weighted by Crippen LogP contribution is 2.26. The summed E-state index contributed by atoms with van der Waals surface area (Å²) in [6.07, 6.45) is 0. The maximum Gasteiger partial charge on any atom is 0.0189 e. The largest absolute Gasteiger partial charge is 0.143 e. The summed E-state index contributed by atoms with van der Waals surface area (Å²) >= 11 is 6.44. The molecule has 0 unspecified atom stereocenters. The second kappa shape index (κ2) is 3.73. The first-order chi connectivity index (χ1) is 4.33. The maximum atomic E-state index is 4.19. The Balaban J connectivity index is 2.94. The molecule has 0 aromatic heterocycles. The van der Waals surface area contributed by atoms with Gasteiger partial charge < -0.3 is 0 Å². The Hall–Kier alpha value is 0.650. The minimum absolute atomic E-state index is 1.02. The summed E-state index contributed by atoms with van der Waals surface area (Å²) in [5.74, 6) is 0. The van der Waals surface area contributed by atoms with E-state index < -0.39 is 0 Å². The van der Waals surface area contributed by atoms with E-state index in [1.165, 1.54) is 4.90 Å². The lowest BCUT2D eigenvalue weighted by Gasteiger charge is -1.92. The molecule has 0 aliphatic carbocycles. The van der Waals surface area contributed by atoms with Crippen molar-refractivity contribution in [2.45, 2.75) is 9.79 Å². The molecule has 0 saturated carbocycles. The van der Waals surface area contributed by atoms with E-state index in [1.54, 1.807) is 8.93 Å². The lowest BCUT2D eigenvalue weighted by Crippen LogP contribution is -1.65. The molecule has 0 N–H and O–H groups in total. The van der Waals surface area contributed by atoms with Gasteiger partial charge in [-0.15, -0.1) is 12.6 Å². The minimum atomic E-state index is 1.02. The van der Waals surface area contributed by atoms with Crippen LogP contribution in [-0.2, 0) is 0 Å². The first kappa shape index (κ1) is 7.75. The molecule has 0 fully saturated rings. The van der Waals surface area contributed by atoms with Crippen molar-refractivity contribution in [3.63, 3.8) is 0 Å². The molecule has 0 aliphatic rings. The zero-order valence-electron chi connectivity index (χ0n) is 4.54. The van der Waals surface area contributed by atoms with E-state index in [0.29, 0.717) is 0 Å². The molecule has 0 heterocycles. The maximum absolute atomic E-state index is 4.19. The summed E-state index contributed by atoms with van der Waals surface area (Å²) in [7, 11) is 1.70. The topological polar surface area (TPSA) is 0 Å². The van der Waals surface area contributed by atoms with Gasteiger partial charge in [0.1, 0.15) is 0 Å². The molecule has 1 rings (SSSR count). The van der Waals surface area contributed by atoms with Crippen LogP contribution in [0.25, 0.3) is 0 Å². The van der Waals surface area contributed by atoms with Crippen molar-refractivity contribution in [1.82, 2.24) is 0 Å². The molecule has 9 heavy (non-hydrogen) atoms. The summed E-state index contributed by atoms with van der Waals surface area (Å²) in [5, 5.41) is 0. The summed E-state index contributed by atoms with van der Waals surface area (Å²) < 4.78 is 0. The van der Waals surface area contributed by atoms with Gasteiger partial charge in [0.15, 0.2) is 0 Å². The van der Waals surface area contributed by atoms with E-state index in [4.69, 9.17) is 0 Å². The molecule has 0 atom stereocenters. The molecule has 0 aliphatic heterocycles. The van der Waals surface area contributed by atoms with E-state index >= 15 is 0 Å². The molecule has 0 spiro atoms. The normalized spacial score (nSPS) is 9.56. The zero-order valence-corrected chi connectivity index (χ0v) is 8.41. The second-order valence-corrected chi connectivity index (χ2v) is 4.04. The Bertz CT molecular complexity index is 200. The van der Waals surface area contributed by atoms with Crippen LogP contribution >= 0.6 is 42.8 Å². The first-order valence-corrected chi connectivity index (χ1v) is 6.21. The van der Waals surface area contributed by atoms with Crippen molar-refractivity contribution in [3.8, 4) is 0 Å². The predicted octanol–water partition coefficient (Wildman–Crippen LogP) is 3.42. The van der Waals surface area contributed by atoms with E-state index in [9.17, 15) is 0 Å². The van der Waals surface area contributed by atoms with Gasteiger partial charge in [-0.1, -0.05) is 15.0 Å². The van der Waals surface area contributed by atoms with Gasteiger partial charge in [-0.05, 0) is 18.2 Å². The Kier molecular flexibility index (Phi) is 3.21. The number of hydrogen-bond acceptors (Lipinski definition) is 2. The van der Waals surface area contributed by atoms with Crippen molar-refractivity contribution in [1.29, 1.82) is 0 Å². The Morgan fingerprint density at radius 3 is 2.67 bits per heavy atom. The van der Waals surface area contributed by atoms with Gasteiger partial charge in [0.05, 0.1) is 0 Å². The van der Waals surface area contributed by atoms with Crippen LogP contribution in [0.2, 0.25) is 0 Å². The average molecular weight is 268 g/mol. The first-order valence-electron chi connectivity index (χ1n) is 2.40. The van der Waals surface area contributed by atoms with Crippen LogP contribution in [-0.4, -0.2) is 0 Å². The van der Waals surface area contributed by atoms with Crippen molar-refractivity contribution in [2.75, 3.05) is 0 Å². The summed E-state index contributed by atoms with van der Waals surface area (Å²) in [6.45, 7) is 0. The molecular formula is C6H5IS2. The molecule has 1 aromatic rings. The van der Waals surface area contributed by atoms with Gasteiger partial charge in [-0.3, -0.25) is 0 Å². The van der Waals surface area contributed by atoms with E-state index in [1.807, 2.05) is 18.2 Å². The van der Waals surface area contributed by atoms with Crippen molar-refractivity contribution < 1.29 is 0 Å². The third-order valence-corrected chi connectivity index (χ3v) is 3.14. The molecule has 0 nitrogen and oxygen atoms in total. The van der Waals surface area contributed by atoms with E-state index in [0.717, 1.165) is 4.90 Å². The average Bonchev–Trinajstić information content (AvgIpc) is 1.88. The highest BCUT2D eigenvalue weighted by atomic mass is 127. The van der Waals surface area contributed by atoms with Gasteiger partial charge in [0.2, 0.25) is 0 Å². The summed E-state index contributed by atoms with van der Waals surface area (Å²) in [4.78, 5) is 2.28. The second-order valence-electron chi connectivity index (χ2n) is 1.57. The number of rotatable bonds is 1. The summed E-state index contributed by atoms with van der Waals surface area (Å²) in [5.41, 5.74) is 0. The van der Waals surface area contributed by atoms with Crippen molar-refractivity contribution >= 4 is 42.8 Å². The van der Waals surface area contributed by atoms with Crippen LogP contribution in [0.1, 0.15) is 0 Å². The van der Waals surface area contributed by atoms with Gasteiger partial charge in [-0.2, -0.15) is 0 Å². The number of halogens is 1. The quantitative estimate of drug-likeness (QED) is 0.601. The fourth-order valence-electron chi connectivity index (χ4n) is 0.532. The predicted molar refractivity (Wildman–Crippen MR) is 53.6 cm³/mol. The summed E-state index contributed by atoms with van der Waals surface area (Å²) in [6, 6.07) is 8.08. The Morgan fingerprint density at radius 2 is 2.22 bits per heavy atom. The lowest BCUT2D eigenvalue weighted by atomic mass is 10.4. The van der Waals surface area contributed by atoms with Gasteiger partial charge >= 0.3 is 0 Å². The van der Waals surface area contributed by atoms with Gasteiger partial charge in [-0.25, -0.2) is 0 Å². The fraction of sp³-hybridized carbons (Fsp3) is 0. The smallest absolute Gasteiger partial charge is 0.0189 e. The molecule has 0 amide bonds. The third-order valence-electron chi connectivity index (χ3n) is 0.907. The standard InChI is InChI=1S/C6H5IS2/c7-9-6-3-1-2-5(8)4-6/h1-4,8H. The van der Waals surface area contributed by atoms with Crippen LogP contribution in [0.3, 0.4) is 0 Å². The van der Waals surface area contributed by atoms with Crippen LogP contribution in [0, 0.1) is 0 Å². The number of hydrogen-bond donors (Lipinski definition) is 1. The van der Waals surface area contributed by atoms with Crippen LogP contribution in [0.5, 0.6) is 0 Å². The fourth-order valence-corrected chi connectivity index (χ4v) is 1.97. The van der Waals surface area contributed by atoms with Crippen LogP contribution in [0.15, 0.2) is 34.1 Å². The third kappa shape index (κ3) is 2.39. The Morgan fingerprint density at radius 1 is 1.44 bits per heavy atom. The van der Waals surface area contributed by atoms with Crippen molar-refractivity contribution in [3.05, 3.63) is 24.3 Å². The SMILES string of the molecule is Sc1cccc(SI)c1.